The summed E-state index contributed by atoms with van der Waals surface area (Å²) in [6.45, 7) is -0.551. The molecule has 0 saturated carbocycles. The molecule has 0 bridgehead atoms. The minimum atomic E-state index is -4.52. The number of carboxylic acid groups (broad SMARTS) is 1. The predicted molar refractivity (Wildman–Crippen MR) is 75.8 cm³/mol. The van der Waals surface area contributed by atoms with Gasteiger partial charge in [0.25, 0.3) is 0 Å². The Kier molecular flexibility index (Phi) is 7.02. The Labute approximate surface area is 131 Å². The summed E-state index contributed by atoms with van der Waals surface area (Å²) in [5.41, 5.74) is 0.788. The number of alkyl halides is 3. The number of hydrogen-bond acceptors (Lipinski definition) is 3. The van der Waals surface area contributed by atoms with Crippen LogP contribution in [0.15, 0.2) is 30.3 Å². The van der Waals surface area contributed by atoms with E-state index >= 15 is 0 Å². The van der Waals surface area contributed by atoms with Crippen LogP contribution >= 0.6 is 0 Å². The third-order valence-electron chi connectivity index (χ3n) is 3.06. The molecule has 1 aromatic carbocycles. The molecule has 0 heterocycles. The fraction of sp³-hybridized carbons (Fsp3) is 0.467. The van der Waals surface area contributed by atoms with Gasteiger partial charge >= 0.3 is 12.1 Å². The van der Waals surface area contributed by atoms with E-state index in [1.165, 1.54) is 6.92 Å². The van der Waals surface area contributed by atoms with Crippen LogP contribution in [-0.2, 0) is 20.7 Å². The zero-order valence-corrected chi connectivity index (χ0v) is 12.5. The van der Waals surface area contributed by atoms with Gasteiger partial charge in [0.2, 0.25) is 5.91 Å². The van der Waals surface area contributed by atoms with Crippen molar-refractivity contribution < 1.29 is 32.6 Å². The fourth-order valence-electron chi connectivity index (χ4n) is 1.81. The van der Waals surface area contributed by atoms with Gasteiger partial charge in [-0.3, -0.25) is 9.59 Å². The van der Waals surface area contributed by atoms with Gasteiger partial charge in [-0.05, 0) is 18.9 Å². The second-order valence-electron chi connectivity index (χ2n) is 5.04. The van der Waals surface area contributed by atoms with Crippen molar-refractivity contribution in [2.45, 2.75) is 25.6 Å². The molecule has 0 radical (unpaired) electrons. The lowest BCUT2D eigenvalue weighted by atomic mass is 9.99. The molecule has 0 aliphatic carbocycles. The van der Waals surface area contributed by atoms with Crippen molar-refractivity contribution in [1.29, 1.82) is 0 Å². The molecular formula is C15H18F3NO4. The van der Waals surface area contributed by atoms with Crippen molar-refractivity contribution in [2.24, 2.45) is 5.92 Å². The van der Waals surface area contributed by atoms with Crippen LogP contribution in [-0.4, -0.2) is 42.4 Å². The Bertz CT molecular complexity index is 519. The fourth-order valence-corrected chi connectivity index (χ4v) is 1.81. The zero-order valence-electron chi connectivity index (χ0n) is 12.5. The molecule has 0 aromatic heterocycles. The molecule has 1 rings (SSSR count). The summed E-state index contributed by atoms with van der Waals surface area (Å²) in [4.78, 5) is 22.9. The molecular weight excluding hydrogens is 315 g/mol. The first-order valence-corrected chi connectivity index (χ1v) is 6.92. The van der Waals surface area contributed by atoms with E-state index in [1.807, 2.05) is 0 Å². The van der Waals surface area contributed by atoms with Gasteiger partial charge in [-0.15, -0.1) is 0 Å². The van der Waals surface area contributed by atoms with Crippen LogP contribution in [0.3, 0.4) is 0 Å². The second kappa shape index (κ2) is 8.52. The number of nitrogens with one attached hydrogen (secondary N) is 1. The molecule has 128 valence electrons. The molecule has 1 amide bonds. The van der Waals surface area contributed by atoms with Crippen molar-refractivity contribution in [3.63, 3.8) is 0 Å². The van der Waals surface area contributed by atoms with E-state index in [4.69, 9.17) is 5.11 Å². The van der Waals surface area contributed by atoms with E-state index in [0.29, 0.717) is 0 Å². The molecule has 23 heavy (non-hydrogen) atoms. The quantitative estimate of drug-likeness (QED) is 0.763. The van der Waals surface area contributed by atoms with Crippen LogP contribution in [0, 0.1) is 5.92 Å². The molecule has 0 unspecified atom stereocenters. The zero-order chi connectivity index (χ0) is 17.5. The average molecular weight is 333 g/mol. The number of amides is 1. The maximum Gasteiger partial charge on any atom is 0.411 e. The van der Waals surface area contributed by atoms with Crippen molar-refractivity contribution in [1.82, 2.24) is 5.32 Å². The number of rotatable bonds is 8. The Hall–Kier alpha value is -2.09. The molecule has 2 N–H and O–H groups in total. The molecule has 8 heteroatoms. The molecule has 5 nitrogen and oxygen atoms in total. The van der Waals surface area contributed by atoms with E-state index in [0.717, 1.165) is 5.56 Å². The Morgan fingerprint density at radius 1 is 1.26 bits per heavy atom. The third kappa shape index (κ3) is 7.64. The number of carboxylic acids is 1. The van der Waals surface area contributed by atoms with Crippen LogP contribution in [0.5, 0.6) is 0 Å². The Morgan fingerprint density at radius 3 is 2.39 bits per heavy atom. The van der Waals surface area contributed by atoms with Crippen LogP contribution in [0.25, 0.3) is 0 Å². The molecule has 2 atom stereocenters. The highest BCUT2D eigenvalue weighted by atomic mass is 19.4. The lowest BCUT2D eigenvalue weighted by Crippen LogP contribution is -2.40. The standard InChI is InChI=1S/C15H18F3NO4/c1-10(23-9-15(16,17)18)13(20)19-8-12(14(21)22)7-11-5-3-2-4-6-11/h2-6,10,12H,7-9H2,1H3,(H,19,20)(H,21,22)/t10-,12-/m0/s1. The van der Waals surface area contributed by atoms with E-state index in [1.54, 1.807) is 30.3 Å². The summed E-state index contributed by atoms with van der Waals surface area (Å²) in [7, 11) is 0. The van der Waals surface area contributed by atoms with Gasteiger partial charge in [0.1, 0.15) is 12.7 Å². The number of benzene rings is 1. The first-order chi connectivity index (χ1) is 10.7. The highest BCUT2D eigenvalue weighted by Gasteiger charge is 2.30. The summed E-state index contributed by atoms with van der Waals surface area (Å²) in [5, 5.41) is 11.5. The van der Waals surface area contributed by atoms with Crippen molar-refractivity contribution in [2.75, 3.05) is 13.2 Å². The van der Waals surface area contributed by atoms with Gasteiger partial charge in [0.15, 0.2) is 0 Å². The SMILES string of the molecule is C[C@H](OCC(F)(F)F)C(=O)NC[C@H](Cc1ccccc1)C(=O)O. The second-order valence-corrected chi connectivity index (χ2v) is 5.04. The topological polar surface area (TPSA) is 75.6 Å². The number of ether oxygens (including phenoxy) is 1. The minimum Gasteiger partial charge on any atom is -0.481 e. The number of hydrogen-bond donors (Lipinski definition) is 2. The normalized spacial score (nSPS) is 14.1. The molecule has 0 aliphatic heterocycles. The molecule has 0 saturated heterocycles. The highest BCUT2D eigenvalue weighted by Crippen LogP contribution is 2.15. The number of aliphatic carboxylic acids is 1. The minimum absolute atomic E-state index is 0.192. The van der Waals surface area contributed by atoms with Crippen molar-refractivity contribution in [3.8, 4) is 0 Å². The largest absolute Gasteiger partial charge is 0.481 e. The highest BCUT2D eigenvalue weighted by molar-refractivity contribution is 5.81. The third-order valence-corrected chi connectivity index (χ3v) is 3.06. The van der Waals surface area contributed by atoms with Gasteiger partial charge < -0.3 is 15.2 Å². The van der Waals surface area contributed by atoms with E-state index in [-0.39, 0.29) is 13.0 Å². The molecule has 0 fully saturated rings. The first kappa shape index (κ1) is 19.0. The smallest absolute Gasteiger partial charge is 0.411 e. The van der Waals surface area contributed by atoms with Crippen LogP contribution < -0.4 is 5.32 Å². The Morgan fingerprint density at radius 2 is 1.87 bits per heavy atom. The van der Waals surface area contributed by atoms with Gasteiger partial charge in [-0.2, -0.15) is 13.2 Å². The van der Waals surface area contributed by atoms with E-state index < -0.39 is 36.7 Å². The summed E-state index contributed by atoms with van der Waals surface area (Å²) in [5.74, 6) is -2.76. The number of halogens is 3. The monoisotopic (exact) mass is 333 g/mol. The van der Waals surface area contributed by atoms with E-state index in [9.17, 15) is 22.8 Å². The van der Waals surface area contributed by atoms with E-state index in [2.05, 4.69) is 10.1 Å². The number of carbonyl (C=O) groups excluding carboxylic acids is 1. The van der Waals surface area contributed by atoms with Gasteiger partial charge in [-0.1, -0.05) is 30.3 Å². The first-order valence-electron chi connectivity index (χ1n) is 6.92. The Balaban J connectivity index is 2.48. The summed E-state index contributed by atoms with van der Waals surface area (Å²) in [6, 6.07) is 8.83. The van der Waals surface area contributed by atoms with Gasteiger partial charge in [0.05, 0.1) is 5.92 Å². The molecule has 0 spiro atoms. The maximum atomic E-state index is 12.0. The lowest BCUT2D eigenvalue weighted by molar-refractivity contribution is -0.185. The summed E-state index contributed by atoms with van der Waals surface area (Å²) in [6.07, 6.45) is -5.64. The average Bonchev–Trinajstić information content (AvgIpc) is 2.48. The van der Waals surface area contributed by atoms with Crippen molar-refractivity contribution >= 4 is 11.9 Å². The molecule has 1 aromatic rings. The number of carbonyl (C=O) groups is 2. The summed E-state index contributed by atoms with van der Waals surface area (Å²) < 4.78 is 40.4. The molecule has 0 aliphatic rings. The maximum absolute atomic E-state index is 12.0. The van der Waals surface area contributed by atoms with Crippen LogP contribution in [0.1, 0.15) is 12.5 Å². The van der Waals surface area contributed by atoms with Crippen LogP contribution in [0.4, 0.5) is 13.2 Å². The lowest BCUT2D eigenvalue weighted by Gasteiger charge is -2.17. The van der Waals surface area contributed by atoms with Gasteiger partial charge in [-0.25, -0.2) is 0 Å². The van der Waals surface area contributed by atoms with Crippen molar-refractivity contribution in [3.05, 3.63) is 35.9 Å². The van der Waals surface area contributed by atoms with Gasteiger partial charge in [0, 0.05) is 6.54 Å². The van der Waals surface area contributed by atoms with Crippen LogP contribution in [0.2, 0.25) is 0 Å². The summed E-state index contributed by atoms with van der Waals surface area (Å²) >= 11 is 0. The predicted octanol–water partition coefficient (Wildman–Crippen LogP) is 2.01.